The monoisotopic (exact) mass is 448 g/mol. The number of pyridine rings is 1. The molecule has 0 spiro atoms. The van der Waals surface area contributed by atoms with E-state index in [2.05, 4.69) is 5.32 Å². The van der Waals surface area contributed by atoms with Crippen LogP contribution in [0.2, 0.25) is 0 Å². The van der Waals surface area contributed by atoms with Crippen molar-refractivity contribution in [1.29, 1.82) is 0 Å². The van der Waals surface area contributed by atoms with E-state index in [0.29, 0.717) is 19.2 Å². The fourth-order valence-corrected chi connectivity index (χ4v) is 3.86. The summed E-state index contributed by atoms with van der Waals surface area (Å²) in [6.45, 7) is 0.819. The molecule has 11 heteroatoms. The van der Waals surface area contributed by atoms with Crippen LogP contribution in [-0.2, 0) is 11.3 Å². The smallest absolute Gasteiger partial charge is 0.277 e. The van der Waals surface area contributed by atoms with Crippen molar-refractivity contribution < 1.29 is 28.2 Å². The zero-order chi connectivity index (χ0) is 23.0. The molecule has 1 atom stereocenters. The highest BCUT2D eigenvalue weighted by Crippen LogP contribution is 2.23. The third-order valence-corrected chi connectivity index (χ3v) is 5.54. The Bertz CT molecular complexity index is 1130. The molecule has 2 aliphatic heterocycles. The summed E-state index contributed by atoms with van der Waals surface area (Å²) in [5, 5.41) is 14.4. The van der Waals surface area contributed by atoms with E-state index in [-0.39, 0.29) is 30.6 Å². The lowest BCUT2D eigenvalue weighted by Gasteiger charge is -2.38. The van der Waals surface area contributed by atoms with Crippen molar-refractivity contribution >= 4 is 11.8 Å². The predicted octanol–water partition coefficient (Wildman–Crippen LogP) is 0.922. The molecule has 1 aromatic carbocycles. The van der Waals surface area contributed by atoms with Crippen LogP contribution in [0.4, 0.5) is 8.78 Å². The maximum atomic E-state index is 13.8. The first-order chi connectivity index (χ1) is 15.3. The summed E-state index contributed by atoms with van der Waals surface area (Å²) in [5.74, 6) is -3.86. The average molecular weight is 448 g/mol. The molecule has 0 aliphatic carbocycles. The van der Waals surface area contributed by atoms with Gasteiger partial charge in [0.2, 0.25) is 5.43 Å². The summed E-state index contributed by atoms with van der Waals surface area (Å²) in [6, 6.07) is 2.91. The van der Waals surface area contributed by atoms with E-state index >= 15 is 0 Å². The molecule has 0 bridgehead atoms. The molecule has 170 valence electrons. The van der Waals surface area contributed by atoms with Gasteiger partial charge < -0.3 is 20.1 Å². The number of hydrogen-bond donors (Lipinski definition) is 2. The van der Waals surface area contributed by atoms with Gasteiger partial charge in [-0.2, -0.15) is 0 Å². The minimum atomic E-state index is -1.02. The van der Waals surface area contributed by atoms with Gasteiger partial charge in [-0.05, 0) is 18.9 Å². The summed E-state index contributed by atoms with van der Waals surface area (Å²) in [7, 11) is 1.64. The van der Waals surface area contributed by atoms with Crippen LogP contribution in [0.3, 0.4) is 0 Å². The van der Waals surface area contributed by atoms with E-state index in [0.717, 1.165) is 25.1 Å². The largest absolute Gasteiger partial charge is 0.502 e. The van der Waals surface area contributed by atoms with E-state index in [1.807, 2.05) is 0 Å². The number of benzene rings is 1. The van der Waals surface area contributed by atoms with Crippen LogP contribution in [0.25, 0.3) is 0 Å². The fraction of sp³-hybridized carbons (Fsp3) is 0.381. The van der Waals surface area contributed by atoms with E-state index in [1.54, 1.807) is 12.1 Å². The summed E-state index contributed by atoms with van der Waals surface area (Å²) >= 11 is 0. The standard InChI is InChI=1S/C21H22F2N4O5/c1-25-11-26(9-14-3-2-6-32-14)21(31)17-19(29)18(28)15(10-27(17)25)20(30)24-8-12-4-5-13(22)7-16(12)23/h4-5,7,10,14,29H,2-3,6,8-9,11H2,1H3,(H,24,30)/t14-/m0/s1. The van der Waals surface area contributed by atoms with E-state index in [9.17, 15) is 28.3 Å². The van der Waals surface area contributed by atoms with Gasteiger partial charge in [0.1, 0.15) is 23.9 Å². The lowest BCUT2D eigenvalue weighted by Crippen LogP contribution is -2.54. The zero-order valence-corrected chi connectivity index (χ0v) is 17.3. The highest BCUT2D eigenvalue weighted by molar-refractivity contribution is 5.99. The molecule has 1 fully saturated rings. The normalized spacial score (nSPS) is 18.1. The molecule has 2 amide bonds. The molecule has 1 saturated heterocycles. The van der Waals surface area contributed by atoms with Crippen molar-refractivity contribution in [3.05, 3.63) is 63.1 Å². The summed E-state index contributed by atoms with van der Waals surface area (Å²) in [6.07, 6.45) is 2.78. The molecule has 1 aromatic heterocycles. The molecular formula is C21H22F2N4O5. The van der Waals surface area contributed by atoms with Gasteiger partial charge in [-0.1, -0.05) is 6.07 Å². The zero-order valence-electron chi connectivity index (χ0n) is 17.3. The first-order valence-electron chi connectivity index (χ1n) is 10.1. The Morgan fingerprint density at radius 1 is 1.31 bits per heavy atom. The van der Waals surface area contributed by atoms with Gasteiger partial charge in [0.05, 0.1) is 6.10 Å². The molecule has 9 nitrogen and oxygen atoms in total. The Hall–Kier alpha value is -3.47. The minimum Gasteiger partial charge on any atom is -0.502 e. The first-order valence-corrected chi connectivity index (χ1v) is 10.1. The van der Waals surface area contributed by atoms with Gasteiger partial charge in [-0.25, -0.2) is 8.78 Å². The van der Waals surface area contributed by atoms with Crippen molar-refractivity contribution in [3.8, 4) is 5.75 Å². The van der Waals surface area contributed by atoms with Gasteiger partial charge >= 0.3 is 0 Å². The van der Waals surface area contributed by atoms with Crippen molar-refractivity contribution in [3.63, 3.8) is 0 Å². The van der Waals surface area contributed by atoms with Crippen LogP contribution in [0.5, 0.6) is 5.75 Å². The number of nitrogens with zero attached hydrogens (tertiary/aromatic N) is 3. The second-order valence-electron chi connectivity index (χ2n) is 7.79. The number of fused-ring (bicyclic) bond motifs is 1. The topological polar surface area (TPSA) is 104 Å². The highest BCUT2D eigenvalue weighted by Gasteiger charge is 2.34. The van der Waals surface area contributed by atoms with Gasteiger partial charge in [-0.15, -0.1) is 0 Å². The van der Waals surface area contributed by atoms with Crippen LogP contribution in [0, 0.1) is 11.6 Å². The van der Waals surface area contributed by atoms with Gasteiger partial charge in [-0.3, -0.25) is 24.1 Å². The predicted molar refractivity (Wildman–Crippen MR) is 109 cm³/mol. The Morgan fingerprint density at radius 3 is 2.78 bits per heavy atom. The number of halogens is 2. The number of aromatic hydroxyl groups is 1. The molecule has 2 aliphatic rings. The number of hydrogen-bond acceptors (Lipinski definition) is 6. The van der Waals surface area contributed by atoms with Crippen LogP contribution in [-0.4, -0.2) is 59.5 Å². The number of aromatic nitrogens is 1. The van der Waals surface area contributed by atoms with Gasteiger partial charge in [0.15, 0.2) is 11.4 Å². The summed E-state index contributed by atoms with van der Waals surface area (Å²) < 4.78 is 33.6. The average Bonchev–Trinajstić information content (AvgIpc) is 3.26. The number of ether oxygens (including phenoxy) is 1. The summed E-state index contributed by atoms with van der Waals surface area (Å²) in [5.41, 5.74) is -1.66. The van der Waals surface area contributed by atoms with Crippen LogP contribution in [0.15, 0.2) is 29.2 Å². The maximum absolute atomic E-state index is 13.8. The van der Waals surface area contributed by atoms with E-state index in [4.69, 9.17) is 4.74 Å². The Balaban J connectivity index is 1.57. The molecule has 2 aromatic rings. The van der Waals surface area contributed by atoms with Crippen molar-refractivity contribution in [1.82, 2.24) is 14.9 Å². The van der Waals surface area contributed by atoms with E-state index < -0.39 is 40.2 Å². The molecule has 2 N–H and O–H groups in total. The molecule has 0 saturated carbocycles. The SMILES string of the molecule is CN1CN(C[C@@H]2CCCO2)C(=O)c2c(O)c(=O)c(C(=O)NCc3ccc(F)cc3F)cn21. The number of rotatable bonds is 5. The molecule has 32 heavy (non-hydrogen) atoms. The molecule has 3 heterocycles. The quantitative estimate of drug-likeness (QED) is 0.705. The third kappa shape index (κ3) is 4.03. The molecule has 0 radical (unpaired) electrons. The van der Waals surface area contributed by atoms with Crippen LogP contribution < -0.4 is 15.8 Å². The Kier molecular flexibility index (Phi) is 5.83. The summed E-state index contributed by atoms with van der Waals surface area (Å²) in [4.78, 5) is 39.6. The van der Waals surface area contributed by atoms with Crippen molar-refractivity contribution in [2.45, 2.75) is 25.5 Å². The first kappa shape index (κ1) is 21.8. The Morgan fingerprint density at radius 2 is 2.09 bits per heavy atom. The second-order valence-corrected chi connectivity index (χ2v) is 7.79. The van der Waals surface area contributed by atoms with Gasteiger partial charge in [0, 0.05) is 44.6 Å². The van der Waals surface area contributed by atoms with Crippen LogP contribution in [0.1, 0.15) is 39.3 Å². The second kappa shape index (κ2) is 8.58. The molecule has 0 unspecified atom stereocenters. The number of amides is 2. The lowest BCUT2D eigenvalue weighted by atomic mass is 10.1. The number of nitrogens with one attached hydrogen (secondary N) is 1. The third-order valence-electron chi connectivity index (χ3n) is 5.54. The lowest BCUT2D eigenvalue weighted by molar-refractivity contribution is 0.0465. The number of carbonyl (C=O) groups excluding carboxylic acids is 2. The van der Waals surface area contributed by atoms with E-state index in [1.165, 1.54) is 15.6 Å². The van der Waals surface area contributed by atoms with Crippen LogP contribution >= 0.6 is 0 Å². The Labute approximate surface area is 181 Å². The minimum absolute atomic E-state index is 0.0269. The van der Waals surface area contributed by atoms with Gasteiger partial charge in [0.25, 0.3) is 11.8 Å². The fourth-order valence-electron chi connectivity index (χ4n) is 3.86. The maximum Gasteiger partial charge on any atom is 0.277 e. The van der Waals surface area contributed by atoms with Crippen molar-refractivity contribution in [2.75, 3.05) is 31.9 Å². The van der Waals surface area contributed by atoms with Crippen molar-refractivity contribution in [2.24, 2.45) is 0 Å². The molecular weight excluding hydrogens is 426 g/mol. The number of carbonyl (C=O) groups is 2. The molecule has 4 rings (SSSR count). The highest BCUT2D eigenvalue weighted by atomic mass is 19.1.